The van der Waals surface area contributed by atoms with Gasteiger partial charge >= 0.3 is 0 Å². The molecule has 2 aromatic heterocycles. The van der Waals surface area contributed by atoms with Crippen LogP contribution in [0, 0.1) is 13.8 Å². The summed E-state index contributed by atoms with van der Waals surface area (Å²) in [5, 5.41) is 8.58. The van der Waals surface area contributed by atoms with E-state index in [4.69, 9.17) is 11.6 Å². The first-order valence-electron chi connectivity index (χ1n) is 6.97. The number of aryl methyl sites for hydroxylation is 2. The van der Waals surface area contributed by atoms with Gasteiger partial charge in [-0.2, -0.15) is 10.2 Å². The van der Waals surface area contributed by atoms with E-state index in [1.165, 1.54) is 28.1 Å². The van der Waals surface area contributed by atoms with Gasteiger partial charge < -0.3 is 0 Å². The fourth-order valence-corrected chi connectivity index (χ4v) is 4.14. The van der Waals surface area contributed by atoms with Crippen molar-refractivity contribution >= 4 is 27.3 Å². The summed E-state index contributed by atoms with van der Waals surface area (Å²) in [7, 11) is -2.14. The SMILES string of the molecule is Cc1nn(C)c(C)c1S(=O)(=O)Nc1cc(Cl)ccc1-n1cncn1. The summed E-state index contributed by atoms with van der Waals surface area (Å²) in [6.45, 7) is 3.35. The number of hydrogen-bond acceptors (Lipinski definition) is 5. The summed E-state index contributed by atoms with van der Waals surface area (Å²) in [4.78, 5) is 4.02. The summed E-state index contributed by atoms with van der Waals surface area (Å²) in [6.07, 6.45) is 2.84. The van der Waals surface area contributed by atoms with Crippen LogP contribution in [0.15, 0.2) is 35.7 Å². The molecule has 0 unspecified atom stereocenters. The van der Waals surface area contributed by atoms with E-state index in [1.54, 1.807) is 33.0 Å². The van der Waals surface area contributed by atoms with Crippen molar-refractivity contribution in [2.24, 2.45) is 7.05 Å². The van der Waals surface area contributed by atoms with Gasteiger partial charge in [0, 0.05) is 12.1 Å². The van der Waals surface area contributed by atoms with Crippen LogP contribution < -0.4 is 4.72 Å². The Hall–Kier alpha value is -2.39. The molecule has 1 N–H and O–H groups in total. The van der Waals surface area contributed by atoms with Crippen molar-refractivity contribution in [3.8, 4) is 5.69 Å². The zero-order valence-corrected chi connectivity index (χ0v) is 14.8. The summed E-state index contributed by atoms with van der Waals surface area (Å²) in [6, 6.07) is 4.84. The predicted molar refractivity (Wildman–Crippen MR) is 89.9 cm³/mol. The molecule has 3 aromatic rings. The second kappa shape index (κ2) is 5.91. The lowest BCUT2D eigenvalue weighted by atomic mass is 10.3. The molecule has 2 heterocycles. The van der Waals surface area contributed by atoms with Gasteiger partial charge in [-0.3, -0.25) is 9.40 Å². The van der Waals surface area contributed by atoms with Crippen LogP contribution in [0.2, 0.25) is 5.02 Å². The second-order valence-corrected chi connectivity index (χ2v) is 7.29. The van der Waals surface area contributed by atoms with Crippen LogP contribution in [-0.4, -0.2) is 33.0 Å². The predicted octanol–water partition coefficient (Wildman–Crippen LogP) is 2.07. The molecule has 1 aromatic carbocycles. The summed E-state index contributed by atoms with van der Waals surface area (Å²) >= 11 is 6.02. The topological polar surface area (TPSA) is 94.7 Å². The largest absolute Gasteiger partial charge is 0.277 e. The number of aromatic nitrogens is 5. The van der Waals surface area contributed by atoms with E-state index in [1.807, 2.05) is 0 Å². The van der Waals surface area contributed by atoms with Gasteiger partial charge in [0.1, 0.15) is 17.6 Å². The van der Waals surface area contributed by atoms with Crippen LogP contribution >= 0.6 is 11.6 Å². The van der Waals surface area contributed by atoms with Gasteiger partial charge in [-0.25, -0.2) is 18.1 Å². The Balaban J connectivity index is 2.09. The Bertz CT molecular complexity index is 995. The number of benzene rings is 1. The van der Waals surface area contributed by atoms with E-state index in [0.717, 1.165) is 0 Å². The maximum Gasteiger partial charge on any atom is 0.265 e. The lowest BCUT2D eigenvalue weighted by Crippen LogP contribution is -2.16. The lowest BCUT2D eigenvalue weighted by Gasteiger charge is -2.13. The smallest absolute Gasteiger partial charge is 0.265 e. The highest BCUT2D eigenvalue weighted by Gasteiger charge is 2.25. The Morgan fingerprint density at radius 2 is 2.00 bits per heavy atom. The maximum atomic E-state index is 12.8. The average molecular weight is 367 g/mol. The first-order chi connectivity index (χ1) is 11.3. The minimum absolute atomic E-state index is 0.148. The molecule has 3 rings (SSSR count). The molecule has 0 spiro atoms. The number of halogens is 1. The summed E-state index contributed by atoms with van der Waals surface area (Å²) in [5.41, 5.74) is 1.78. The monoisotopic (exact) mass is 366 g/mol. The molecular formula is C14H15ClN6O2S. The standard InChI is InChI=1S/C14H15ClN6O2S/c1-9-14(10(2)20(3)18-9)24(22,23)19-12-6-11(15)4-5-13(12)21-8-16-7-17-21/h4-8,19H,1-3H3. The van der Waals surface area contributed by atoms with Crippen LogP contribution in [0.4, 0.5) is 5.69 Å². The number of hydrogen-bond donors (Lipinski definition) is 1. The van der Waals surface area contributed by atoms with Gasteiger partial charge in [0.05, 0.1) is 22.8 Å². The molecular weight excluding hydrogens is 352 g/mol. The van der Waals surface area contributed by atoms with Gasteiger partial charge in [-0.15, -0.1) is 0 Å². The van der Waals surface area contributed by atoms with Crippen molar-refractivity contribution in [1.82, 2.24) is 24.5 Å². The second-order valence-electron chi connectivity index (χ2n) is 5.23. The Morgan fingerprint density at radius 3 is 2.58 bits per heavy atom. The van der Waals surface area contributed by atoms with Crippen molar-refractivity contribution in [3.05, 3.63) is 47.3 Å². The number of nitrogens with zero attached hydrogens (tertiary/aromatic N) is 5. The molecule has 0 aliphatic carbocycles. The van der Waals surface area contributed by atoms with E-state index in [2.05, 4.69) is 19.9 Å². The third-order valence-electron chi connectivity index (χ3n) is 3.58. The molecule has 10 heteroatoms. The summed E-state index contributed by atoms with van der Waals surface area (Å²) in [5.74, 6) is 0. The Kier molecular flexibility index (Phi) is 4.06. The van der Waals surface area contributed by atoms with Gasteiger partial charge in [-0.1, -0.05) is 11.6 Å². The fourth-order valence-electron chi connectivity index (χ4n) is 2.46. The Morgan fingerprint density at radius 1 is 1.25 bits per heavy atom. The highest BCUT2D eigenvalue weighted by atomic mass is 35.5. The third-order valence-corrected chi connectivity index (χ3v) is 5.43. The van der Waals surface area contributed by atoms with E-state index in [-0.39, 0.29) is 4.90 Å². The van der Waals surface area contributed by atoms with Gasteiger partial charge in [0.15, 0.2) is 0 Å². The van der Waals surface area contributed by atoms with Crippen molar-refractivity contribution in [2.45, 2.75) is 18.7 Å². The van der Waals surface area contributed by atoms with E-state index >= 15 is 0 Å². The minimum Gasteiger partial charge on any atom is -0.277 e. The normalized spacial score (nSPS) is 11.7. The molecule has 126 valence electrons. The minimum atomic E-state index is -3.84. The van der Waals surface area contributed by atoms with E-state index in [0.29, 0.717) is 27.8 Å². The molecule has 0 saturated carbocycles. The van der Waals surface area contributed by atoms with Crippen molar-refractivity contribution in [1.29, 1.82) is 0 Å². The van der Waals surface area contributed by atoms with Crippen molar-refractivity contribution in [3.63, 3.8) is 0 Å². The molecule has 0 bridgehead atoms. The first-order valence-corrected chi connectivity index (χ1v) is 8.83. The van der Waals surface area contributed by atoms with Crippen LogP contribution in [0.25, 0.3) is 5.69 Å². The zero-order chi connectivity index (χ0) is 17.5. The van der Waals surface area contributed by atoms with Gasteiger partial charge in [0.25, 0.3) is 10.0 Å². The van der Waals surface area contributed by atoms with Crippen molar-refractivity contribution < 1.29 is 8.42 Å². The molecule has 0 radical (unpaired) electrons. The highest BCUT2D eigenvalue weighted by molar-refractivity contribution is 7.92. The number of nitrogens with one attached hydrogen (secondary N) is 1. The first kappa shape index (κ1) is 16.5. The van der Waals surface area contributed by atoms with E-state index < -0.39 is 10.0 Å². The van der Waals surface area contributed by atoms with E-state index in [9.17, 15) is 8.42 Å². The number of rotatable bonds is 4. The highest BCUT2D eigenvalue weighted by Crippen LogP contribution is 2.28. The fraction of sp³-hybridized carbons (Fsp3) is 0.214. The summed E-state index contributed by atoms with van der Waals surface area (Å²) < 4.78 is 31.2. The van der Waals surface area contributed by atoms with Crippen LogP contribution in [-0.2, 0) is 17.1 Å². The maximum absolute atomic E-state index is 12.8. The van der Waals surface area contributed by atoms with Crippen LogP contribution in [0.1, 0.15) is 11.4 Å². The molecule has 0 aliphatic heterocycles. The number of anilines is 1. The molecule has 0 atom stereocenters. The van der Waals surface area contributed by atoms with Crippen LogP contribution in [0.3, 0.4) is 0 Å². The van der Waals surface area contributed by atoms with Gasteiger partial charge in [-0.05, 0) is 32.0 Å². The molecule has 24 heavy (non-hydrogen) atoms. The molecule has 0 amide bonds. The number of sulfonamides is 1. The van der Waals surface area contributed by atoms with Crippen molar-refractivity contribution in [2.75, 3.05) is 4.72 Å². The molecule has 0 saturated heterocycles. The molecule has 0 fully saturated rings. The zero-order valence-electron chi connectivity index (χ0n) is 13.2. The average Bonchev–Trinajstić information content (AvgIpc) is 3.08. The van der Waals surface area contributed by atoms with Gasteiger partial charge in [0.2, 0.25) is 0 Å². The molecule has 8 nitrogen and oxygen atoms in total. The molecule has 0 aliphatic rings. The lowest BCUT2D eigenvalue weighted by molar-refractivity contribution is 0.599. The van der Waals surface area contributed by atoms with Crippen LogP contribution in [0.5, 0.6) is 0 Å². The third kappa shape index (κ3) is 2.87. The quantitative estimate of drug-likeness (QED) is 0.762. The Labute approximate surface area is 144 Å².